The first-order chi connectivity index (χ1) is 11.2. The van der Waals surface area contributed by atoms with Crippen LogP contribution in [0.4, 0.5) is 10.5 Å². The molecule has 6 heteroatoms. The third-order valence-electron chi connectivity index (χ3n) is 2.68. The SMILES string of the molecule is CC.CCOC(=O)C(Cc1ccc(N)cc1)NC(=O)OC(C)(C)C. The third-order valence-corrected chi connectivity index (χ3v) is 2.68. The molecule has 1 amide bonds. The molecule has 1 atom stereocenters. The minimum Gasteiger partial charge on any atom is -0.464 e. The van der Waals surface area contributed by atoms with Gasteiger partial charge in [0.1, 0.15) is 11.6 Å². The first-order valence-electron chi connectivity index (χ1n) is 8.22. The van der Waals surface area contributed by atoms with Gasteiger partial charge in [-0.3, -0.25) is 0 Å². The minimum atomic E-state index is -0.807. The van der Waals surface area contributed by atoms with Gasteiger partial charge in [-0.15, -0.1) is 0 Å². The van der Waals surface area contributed by atoms with Gasteiger partial charge in [0.2, 0.25) is 0 Å². The van der Waals surface area contributed by atoms with E-state index in [1.807, 2.05) is 13.8 Å². The van der Waals surface area contributed by atoms with E-state index < -0.39 is 23.7 Å². The van der Waals surface area contributed by atoms with E-state index in [0.717, 1.165) is 5.56 Å². The fourth-order valence-corrected chi connectivity index (χ4v) is 1.78. The van der Waals surface area contributed by atoms with Crippen LogP contribution in [0.5, 0.6) is 0 Å². The molecule has 0 aliphatic rings. The predicted molar refractivity (Wildman–Crippen MR) is 95.7 cm³/mol. The molecular formula is C18H30N2O4. The van der Waals surface area contributed by atoms with Gasteiger partial charge >= 0.3 is 12.1 Å². The number of hydrogen-bond donors (Lipinski definition) is 2. The summed E-state index contributed by atoms with van der Waals surface area (Å²) in [5.74, 6) is -0.495. The Morgan fingerprint density at radius 2 is 1.71 bits per heavy atom. The Kier molecular flexibility index (Phi) is 9.54. The molecule has 1 unspecified atom stereocenters. The Labute approximate surface area is 144 Å². The van der Waals surface area contributed by atoms with E-state index in [9.17, 15) is 9.59 Å². The van der Waals surface area contributed by atoms with Crippen LogP contribution in [-0.4, -0.2) is 30.3 Å². The van der Waals surface area contributed by atoms with E-state index in [4.69, 9.17) is 15.2 Å². The number of nitrogens with one attached hydrogen (secondary N) is 1. The van der Waals surface area contributed by atoms with Gasteiger partial charge < -0.3 is 20.5 Å². The van der Waals surface area contributed by atoms with Crippen molar-refractivity contribution in [2.24, 2.45) is 0 Å². The molecule has 0 spiro atoms. The molecule has 0 heterocycles. The average Bonchev–Trinajstić information content (AvgIpc) is 2.49. The molecule has 0 saturated heterocycles. The number of carbonyl (C=O) groups excluding carboxylic acids is 2. The van der Waals surface area contributed by atoms with Crippen molar-refractivity contribution >= 4 is 17.7 Å². The molecule has 136 valence electrons. The van der Waals surface area contributed by atoms with E-state index in [1.165, 1.54) is 0 Å². The number of carbonyl (C=O) groups is 2. The Balaban J connectivity index is 0.00000254. The van der Waals surface area contributed by atoms with Gasteiger partial charge in [-0.05, 0) is 45.4 Å². The van der Waals surface area contributed by atoms with Crippen LogP contribution in [0.1, 0.15) is 47.1 Å². The standard InChI is InChI=1S/C16H24N2O4.C2H6/c1-5-21-14(19)13(18-15(20)22-16(2,3)4)10-11-6-8-12(17)9-7-11;1-2/h6-9,13H,5,10,17H2,1-4H3,(H,18,20);1-2H3. The molecule has 0 aromatic heterocycles. The van der Waals surface area contributed by atoms with Gasteiger partial charge in [0, 0.05) is 12.1 Å². The van der Waals surface area contributed by atoms with Crippen molar-refractivity contribution in [1.29, 1.82) is 0 Å². The van der Waals surface area contributed by atoms with Crippen molar-refractivity contribution in [3.63, 3.8) is 0 Å². The predicted octanol–water partition coefficient (Wildman–Crippen LogP) is 3.29. The largest absolute Gasteiger partial charge is 0.464 e. The number of rotatable bonds is 5. The second kappa shape index (κ2) is 10.5. The molecular weight excluding hydrogens is 308 g/mol. The van der Waals surface area contributed by atoms with E-state index in [2.05, 4.69) is 5.32 Å². The lowest BCUT2D eigenvalue weighted by atomic mass is 10.1. The van der Waals surface area contributed by atoms with Crippen molar-refractivity contribution in [3.05, 3.63) is 29.8 Å². The number of nitrogens with two attached hydrogens (primary N) is 1. The van der Waals surface area contributed by atoms with Crippen molar-refractivity contribution in [2.45, 2.75) is 59.6 Å². The summed E-state index contributed by atoms with van der Waals surface area (Å²) >= 11 is 0. The van der Waals surface area contributed by atoms with Crippen LogP contribution in [0.15, 0.2) is 24.3 Å². The highest BCUT2D eigenvalue weighted by Crippen LogP contribution is 2.11. The lowest BCUT2D eigenvalue weighted by molar-refractivity contribution is -0.145. The smallest absolute Gasteiger partial charge is 0.408 e. The number of nitrogen functional groups attached to an aromatic ring is 1. The number of amides is 1. The van der Waals surface area contributed by atoms with Gasteiger partial charge in [-0.1, -0.05) is 26.0 Å². The zero-order valence-corrected chi connectivity index (χ0v) is 15.5. The van der Waals surface area contributed by atoms with Crippen molar-refractivity contribution < 1.29 is 19.1 Å². The number of alkyl carbamates (subject to hydrolysis) is 1. The van der Waals surface area contributed by atoms with Crippen LogP contribution in [0.2, 0.25) is 0 Å². The van der Waals surface area contributed by atoms with Gasteiger partial charge in [0.25, 0.3) is 0 Å². The zero-order chi connectivity index (χ0) is 18.8. The highest BCUT2D eigenvalue weighted by molar-refractivity contribution is 5.81. The fourth-order valence-electron chi connectivity index (χ4n) is 1.78. The molecule has 3 N–H and O–H groups in total. The van der Waals surface area contributed by atoms with E-state index in [1.54, 1.807) is 52.0 Å². The molecule has 0 radical (unpaired) electrons. The van der Waals surface area contributed by atoms with Crippen LogP contribution < -0.4 is 11.1 Å². The molecule has 0 aliphatic heterocycles. The average molecular weight is 338 g/mol. The topological polar surface area (TPSA) is 90.6 Å². The normalized spacial score (nSPS) is 11.6. The number of ether oxygens (including phenoxy) is 2. The lowest BCUT2D eigenvalue weighted by Gasteiger charge is -2.23. The maximum Gasteiger partial charge on any atom is 0.408 e. The van der Waals surface area contributed by atoms with Crippen LogP contribution in [0, 0.1) is 0 Å². The summed E-state index contributed by atoms with van der Waals surface area (Å²) in [5.41, 5.74) is 6.50. The zero-order valence-electron chi connectivity index (χ0n) is 15.5. The number of esters is 1. The second-order valence-electron chi connectivity index (χ2n) is 5.90. The summed E-state index contributed by atoms with van der Waals surface area (Å²) < 4.78 is 10.2. The fraction of sp³-hybridized carbons (Fsp3) is 0.556. The minimum absolute atomic E-state index is 0.243. The van der Waals surface area contributed by atoms with Gasteiger partial charge in [-0.25, -0.2) is 9.59 Å². The van der Waals surface area contributed by atoms with E-state index in [0.29, 0.717) is 12.1 Å². The Bertz CT molecular complexity index is 507. The Morgan fingerprint density at radius 3 is 2.17 bits per heavy atom. The molecule has 1 aromatic carbocycles. The molecule has 1 rings (SSSR count). The summed E-state index contributed by atoms with van der Waals surface area (Å²) in [7, 11) is 0. The van der Waals surface area contributed by atoms with Crippen LogP contribution >= 0.6 is 0 Å². The molecule has 0 fully saturated rings. The monoisotopic (exact) mass is 338 g/mol. The summed E-state index contributed by atoms with van der Waals surface area (Å²) in [5, 5.41) is 2.55. The highest BCUT2D eigenvalue weighted by Gasteiger charge is 2.25. The molecule has 0 saturated carbocycles. The van der Waals surface area contributed by atoms with Crippen LogP contribution in [0.25, 0.3) is 0 Å². The van der Waals surface area contributed by atoms with Crippen molar-refractivity contribution in [3.8, 4) is 0 Å². The number of hydrogen-bond acceptors (Lipinski definition) is 5. The van der Waals surface area contributed by atoms with Crippen molar-refractivity contribution in [1.82, 2.24) is 5.32 Å². The summed E-state index contributed by atoms with van der Waals surface area (Å²) in [4.78, 5) is 23.9. The maximum atomic E-state index is 12.0. The first-order valence-corrected chi connectivity index (χ1v) is 8.22. The van der Waals surface area contributed by atoms with E-state index in [-0.39, 0.29) is 6.61 Å². The van der Waals surface area contributed by atoms with Gasteiger partial charge in [0.15, 0.2) is 0 Å². The summed E-state index contributed by atoms with van der Waals surface area (Å²) in [6, 6.07) is 6.28. The number of anilines is 1. The maximum absolute atomic E-state index is 12.0. The molecule has 0 bridgehead atoms. The Morgan fingerprint density at radius 1 is 1.17 bits per heavy atom. The first kappa shape index (κ1) is 21.8. The summed E-state index contributed by atoms with van der Waals surface area (Å²) in [6.07, 6.45) is -0.348. The van der Waals surface area contributed by atoms with Crippen LogP contribution in [-0.2, 0) is 20.7 Å². The lowest BCUT2D eigenvalue weighted by Crippen LogP contribution is -2.45. The van der Waals surface area contributed by atoms with Gasteiger partial charge in [0.05, 0.1) is 6.61 Å². The Hall–Kier alpha value is -2.24. The molecule has 6 nitrogen and oxygen atoms in total. The van der Waals surface area contributed by atoms with Crippen molar-refractivity contribution in [2.75, 3.05) is 12.3 Å². The second-order valence-corrected chi connectivity index (χ2v) is 5.90. The third kappa shape index (κ3) is 9.02. The quantitative estimate of drug-likeness (QED) is 0.635. The van der Waals surface area contributed by atoms with Crippen LogP contribution in [0.3, 0.4) is 0 Å². The summed E-state index contributed by atoms with van der Waals surface area (Å²) in [6.45, 7) is 11.2. The molecule has 1 aromatic rings. The number of benzene rings is 1. The molecule has 0 aliphatic carbocycles. The van der Waals surface area contributed by atoms with Gasteiger partial charge in [-0.2, -0.15) is 0 Å². The molecule has 24 heavy (non-hydrogen) atoms. The highest BCUT2D eigenvalue weighted by atomic mass is 16.6. The van der Waals surface area contributed by atoms with E-state index >= 15 is 0 Å².